The molecule has 1 saturated carbocycles. The lowest BCUT2D eigenvalue weighted by Crippen LogP contribution is -2.48. The second-order valence-corrected chi connectivity index (χ2v) is 7.36. The van der Waals surface area contributed by atoms with Crippen LogP contribution in [-0.4, -0.2) is 48.9 Å². The molecule has 2 unspecified atom stereocenters. The summed E-state index contributed by atoms with van der Waals surface area (Å²) in [4.78, 5) is 26.4. The van der Waals surface area contributed by atoms with Gasteiger partial charge in [0, 0.05) is 19.1 Å². The van der Waals surface area contributed by atoms with Gasteiger partial charge >= 0.3 is 0 Å². The van der Waals surface area contributed by atoms with E-state index in [-0.39, 0.29) is 23.8 Å². The van der Waals surface area contributed by atoms with Crippen molar-refractivity contribution in [1.29, 1.82) is 0 Å². The Morgan fingerprint density at radius 2 is 1.91 bits per heavy atom. The number of amides is 2. The molecule has 22 heavy (non-hydrogen) atoms. The molecular weight excluding hydrogens is 278 g/mol. The van der Waals surface area contributed by atoms with E-state index in [4.69, 9.17) is 0 Å². The van der Waals surface area contributed by atoms with Crippen LogP contribution in [0.2, 0.25) is 0 Å². The molecule has 5 nitrogen and oxygen atoms in total. The largest absolute Gasteiger partial charge is 0.356 e. The molecule has 0 spiro atoms. The Kier molecular flexibility index (Phi) is 6.24. The van der Waals surface area contributed by atoms with Crippen LogP contribution in [0.25, 0.3) is 0 Å². The molecule has 2 aliphatic rings. The van der Waals surface area contributed by atoms with Gasteiger partial charge in [0.25, 0.3) is 0 Å². The molecule has 0 aromatic carbocycles. The molecule has 5 heteroatoms. The number of carbonyl (C=O) groups is 2. The van der Waals surface area contributed by atoms with E-state index in [0.29, 0.717) is 24.9 Å². The molecule has 0 radical (unpaired) electrons. The number of nitrogens with one attached hydrogen (secondary N) is 2. The Hall–Kier alpha value is -1.10. The van der Waals surface area contributed by atoms with E-state index in [2.05, 4.69) is 29.4 Å². The van der Waals surface area contributed by atoms with Crippen molar-refractivity contribution in [3.63, 3.8) is 0 Å². The van der Waals surface area contributed by atoms with Crippen LogP contribution < -0.4 is 10.6 Å². The Balaban J connectivity index is 1.72. The number of hydrogen-bond acceptors (Lipinski definition) is 3. The zero-order chi connectivity index (χ0) is 16.1. The van der Waals surface area contributed by atoms with E-state index in [0.717, 1.165) is 25.9 Å². The second-order valence-electron chi connectivity index (χ2n) is 7.36. The minimum atomic E-state index is 0.0443. The Morgan fingerprint density at radius 1 is 1.18 bits per heavy atom. The normalized spacial score (nSPS) is 24.1. The lowest BCUT2D eigenvalue weighted by Gasteiger charge is -2.32. The van der Waals surface area contributed by atoms with E-state index in [1.807, 2.05) is 6.92 Å². The summed E-state index contributed by atoms with van der Waals surface area (Å²) in [6, 6.07) is 0.190. The monoisotopic (exact) mass is 309 g/mol. The van der Waals surface area contributed by atoms with Crippen molar-refractivity contribution in [3.8, 4) is 0 Å². The zero-order valence-corrected chi connectivity index (χ0v) is 14.2. The van der Waals surface area contributed by atoms with Gasteiger partial charge in [-0.25, -0.2) is 0 Å². The first-order valence-electron chi connectivity index (χ1n) is 8.75. The third-order valence-corrected chi connectivity index (χ3v) is 4.89. The van der Waals surface area contributed by atoms with Gasteiger partial charge in [-0.05, 0) is 51.0 Å². The van der Waals surface area contributed by atoms with Gasteiger partial charge in [0.05, 0.1) is 12.5 Å². The highest BCUT2D eigenvalue weighted by atomic mass is 16.2. The topological polar surface area (TPSA) is 61.4 Å². The standard InChI is InChI=1S/C17H31N3O2/c1-12(2)13(3)19-16(21)11-20-8-4-5-15(10-20)17(22)18-9-14-6-7-14/h12-15H,4-11H2,1-3H3,(H,18,22)(H,19,21). The molecule has 126 valence electrons. The van der Waals surface area contributed by atoms with Gasteiger partial charge < -0.3 is 10.6 Å². The van der Waals surface area contributed by atoms with Gasteiger partial charge in [0.1, 0.15) is 0 Å². The summed E-state index contributed by atoms with van der Waals surface area (Å²) in [5, 5.41) is 6.11. The van der Waals surface area contributed by atoms with Crippen molar-refractivity contribution in [2.45, 2.75) is 52.5 Å². The molecule has 0 aromatic heterocycles. The van der Waals surface area contributed by atoms with Crippen LogP contribution in [-0.2, 0) is 9.59 Å². The maximum absolute atomic E-state index is 12.2. The average molecular weight is 309 g/mol. The van der Waals surface area contributed by atoms with Gasteiger partial charge in [-0.1, -0.05) is 13.8 Å². The highest BCUT2D eigenvalue weighted by Crippen LogP contribution is 2.27. The van der Waals surface area contributed by atoms with Crippen LogP contribution in [0.5, 0.6) is 0 Å². The van der Waals surface area contributed by atoms with Crippen molar-refractivity contribution >= 4 is 11.8 Å². The predicted molar refractivity (Wildman–Crippen MR) is 87.3 cm³/mol. The lowest BCUT2D eigenvalue weighted by molar-refractivity contribution is -0.129. The Morgan fingerprint density at radius 3 is 2.55 bits per heavy atom. The highest BCUT2D eigenvalue weighted by molar-refractivity contribution is 5.80. The van der Waals surface area contributed by atoms with Gasteiger partial charge in [-0.15, -0.1) is 0 Å². The Bertz CT molecular complexity index is 393. The summed E-state index contributed by atoms with van der Waals surface area (Å²) in [6.45, 7) is 9.10. The Labute approximate surface area is 134 Å². The molecule has 0 aromatic rings. The van der Waals surface area contributed by atoms with Gasteiger partial charge in [0.15, 0.2) is 0 Å². The maximum Gasteiger partial charge on any atom is 0.234 e. The number of likely N-dealkylation sites (tertiary alicyclic amines) is 1. The predicted octanol–water partition coefficient (Wildman–Crippen LogP) is 1.39. The fourth-order valence-electron chi connectivity index (χ4n) is 2.79. The van der Waals surface area contributed by atoms with Crippen LogP contribution in [0.15, 0.2) is 0 Å². The first-order valence-corrected chi connectivity index (χ1v) is 8.75. The summed E-state index contributed by atoms with van der Waals surface area (Å²) >= 11 is 0. The molecule has 1 aliphatic heterocycles. The van der Waals surface area contributed by atoms with Gasteiger partial charge in [-0.3, -0.25) is 14.5 Å². The fraction of sp³-hybridized carbons (Fsp3) is 0.882. The molecule has 2 N–H and O–H groups in total. The summed E-state index contributed by atoms with van der Waals surface area (Å²) in [6.07, 6.45) is 4.45. The highest BCUT2D eigenvalue weighted by Gasteiger charge is 2.28. The zero-order valence-electron chi connectivity index (χ0n) is 14.2. The van der Waals surface area contributed by atoms with Crippen molar-refractivity contribution in [2.24, 2.45) is 17.8 Å². The minimum Gasteiger partial charge on any atom is -0.356 e. The number of carbonyl (C=O) groups excluding carboxylic acids is 2. The van der Waals surface area contributed by atoms with Gasteiger partial charge in [0.2, 0.25) is 11.8 Å². The summed E-state index contributed by atoms with van der Waals surface area (Å²) in [5.74, 6) is 1.44. The van der Waals surface area contributed by atoms with Crippen LogP contribution in [0.3, 0.4) is 0 Å². The van der Waals surface area contributed by atoms with E-state index in [1.165, 1.54) is 12.8 Å². The summed E-state index contributed by atoms with van der Waals surface area (Å²) in [5.41, 5.74) is 0. The molecule has 0 bridgehead atoms. The number of rotatable bonds is 7. The number of hydrogen-bond donors (Lipinski definition) is 2. The number of nitrogens with zero attached hydrogens (tertiary/aromatic N) is 1. The summed E-state index contributed by atoms with van der Waals surface area (Å²) < 4.78 is 0. The van der Waals surface area contributed by atoms with Crippen LogP contribution in [0.1, 0.15) is 46.5 Å². The molecule has 2 amide bonds. The molecular formula is C17H31N3O2. The van der Waals surface area contributed by atoms with Crippen molar-refractivity contribution in [3.05, 3.63) is 0 Å². The van der Waals surface area contributed by atoms with Crippen LogP contribution >= 0.6 is 0 Å². The van der Waals surface area contributed by atoms with Gasteiger partial charge in [-0.2, -0.15) is 0 Å². The average Bonchev–Trinajstić information content (AvgIpc) is 3.28. The first-order chi connectivity index (χ1) is 10.5. The first kappa shape index (κ1) is 17.3. The number of piperidine rings is 1. The quantitative estimate of drug-likeness (QED) is 0.747. The third-order valence-electron chi connectivity index (χ3n) is 4.89. The van der Waals surface area contributed by atoms with Crippen LogP contribution in [0, 0.1) is 17.8 Å². The van der Waals surface area contributed by atoms with E-state index >= 15 is 0 Å². The molecule has 2 rings (SSSR count). The van der Waals surface area contributed by atoms with E-state index in [1.54, 1.807) is 0 Å². The van der Waals surface area contributed by atoms with Crippen molar-refractivity contribution < 1.29 is 9.59 Å². The molecule has 1 aliphatic carbocycles. The van der Waals surface area contributed by atoms with Crippen molar-refractivity contribution in [1.82, 2.24) is 15.5 Å². The molecule has 1 saturated heterocycles. The maximum atomic E-state index is 12.2. The van der Waals surface area contributed by atoms with E-state index in [9.17, 15) is 9.59 Å². The summed E-state index contributed by atoms with van der Waals surface area (Å²) in [7, 11) is 0. The lowest BCUT2D eigenvalue weighted by atomic mass is 9.97. The van der Waals surface area contributed by atoms with Crippen molar-refractivity contribution in [2.75, 3.05) is 26.2 Å². The van der Waals surface area contributed by atoms with E-state index < -0.39 is 0 Å². The fourth-order valence-corrected chi connectivity index (χ4v) is 2.79. The van der Waals surface area contributed by atoms with Crippen LogP contribution in [0.4, 0.5) is 0 Å². The third kappa shape index (κ3) is 5.59. The smallest absolute Gasteiger partial charge is 0.234 e. The SMILES string of the molecule is CC(C)C(C)NC(=O)CN1CCCC(C(=O)NCC2CC2)C1. The molecule has 1 heterocycles. The second kappa shape index (κ2) is 7.95. The molecule has 2 atom stereocenters. The minimum absolute atomic E-state index is 0.0443. The molecule has 2 fully saturated rings.